The third kappa shape index (κ3) is 5.37. The molecule has 0 aliphatic heterocycles. The maximum Gasteiger partial charge on any atom is 0.303 e. The number of hydrogen-bond donors (Lipinski definition) is 1. The van der Waals surface area contributed by atoms with Gasteiger partial charge in [-0.15, -0.1) is 0 Å². The van der Waals surface area contributed by atoms with Crippen LogP contribution < -0.4 is 4.74 Å². The summed E-state index contributed by atoms with van der Waals surface area (Å²) >= 11 is 0. The van der Waals surface area contributed by atoms with Crippen LogP contribution in [-0.4, -0.2) is 41.6 Å². The predicted molar refractivity (Wildman–Crippen MR) is 71.0 cm³/mol. The molecule has 0 bridgehead atoms. The monoisotopic (exact) mass is 301 g/mol. The number of halogens is 2. The normalized spacial score (nSPS) is 11.8. The van der Waals surface area contributed by atoms with E-state index in [1.54, 1.807) is 0 Å². The summed E-state index contributed by atoms with van der Waals surface area (Å²) in [5.74, 6) is -3.30. The average molecular weight is 301 g/mol. The zero-order valence-corrected chi connectivity index (χ0v) is 11.8. The summed E-state index contributed by atoms with van der Waals surface area (Å²) in [5.41, 5.74) is 0. The standard InChI is InChI=1S/C14H17F2NO4/c1-9(14(20)17(2)7-3-4-13(18)19)21-10-5-6-11(15)12(16)8-10/h5-6,8-9H,3-4,7H2,1-2H3,(H,18,19). The Kier molecular flexibility index (Phi) is 6.08. The van der Waals surface area contributed by atoms with Gasteiger partial charge in [0.05, 0.1) is 0 Å². The van der Waals surface area contributed by atoms with Crippen LogP contribution >= 0.6 is 0 Å². The number of likely N-dealkylation sites (N-methyl/N-ethyl adjacent to an activating group) is 1. The fourth-order valence-corrected chi connectivity index (χ4v) is 1.69. The first kappa shape index (κ1) is 16.9. The number of aliphatic carboxylic acids is 1. The van der Waals surface area contributed by atoms with E-state index in [4.69, 9.17) is 9.84 Å². The number of benzene rings is 1. The maximum atomic E-state index is 13.0. The van der Waals surface area contributed by atoms with E-state index in [9.17, 15) is 18.4 Å². The molecule has 1 unspecified atom stereocenters. The average Bonchev–Trinajstić information content (AvgIpc) is 2.41. The molecule has 1 aromatic carbocycles. The van der Waals surface area contributed by atoms with Gasteiger partial charge in [-0.1, -0.05) is 0 Å². The van der Waals surface area contributed by atoms with Gasteiger partial charge < -0.3 is 14.7 Å². The van der Waals surface area contributed by atoms with Crippen molar-refractivity contribution >= 4 is 11.9 Å². The van der Waals surface area contributed by atoms with Crippen molar-refractivity contribution in [1.82, 2.24) is 4.90 Å². The number of carbonyl (C=O) groups excluding carboxylic acids is 1. The molecular weight excluding hydrogens is 284 g/mol. The summed E-state index contributed by atoms with van der Waals surface area (Å²) < 4.78 is 31.0. The lowest BCUT2D eigenvalue weighted by Gasteiger charge is -2.22. The summed E-state index contributed by atoms with van der Waals surface area (Å²) in [7, 11) is 1.52. The second-order valence-electron chi connectivity index (χ2n) is 4.59. The van der Waals surface area contributed by atoms with E-state index in [2.05, 4.69) is 0 Å². The molecule has 0 saturated carbocycles. The smallest absolute Gasteiger partial charge is 0.303 e. The molecule has 0 heterocycles. The van der Waals surface area contributed by atoms with E-state index < -0.39 is 23.7 Å². The van der Waals surface area contributed by atoms with Crippen molar-refractivity contribution in [3.05, 3.63) is 29.8 Å². The van der Waals surface area contributed by atoms with E-state index in [1.807, 2.05) is 0 Å². The van der Waals surface area contributed by atoms with Gasteiger partial charge in [0.1, 0.15) is 5.75 Å². The van der Waals surface area contributed by atoms with Crippen LogP contribution in [0, 0.1) is 11.6 Å². The first-order chi connectivity index (χ1) is 9.81. The first-order valence-electron chi connectivity index (χ1n) is 6.39. The molecular formula is C14H17F2NO4. The van der Waals surface area contributed by atoms with Crippen LogP contribution in [0.3, 0.4) is 0 Å². The predicted octanol–water partition coefficient (Wildman–Crippen LogP) is 2.06. The number of carboxylic acid groups (broad SMARTS) is 1. The first-order valence-corrected chi connectivity index (χ1v) is 6.39. The SMILES string of the molecule is CC(Oc1ccc(F)c(F)c1)C(=O)N(C)CCCC(=O)O. The van der Waals surface area contributed by atoms with Crippen molar-refractivity contribution in [3.8, 4) is 5.75 Å². The number of nitrogens with zero attached hydrogens (tertiary/aromatic N) is 1. The fourth-order valence-electron chi connectivity index (χ4n) is 1.69. The van der Waals surface area contributed by atoms with Gasteiger partial charge in [-0.05, 0) is 25.5 Å². The minimum atomic E-state index is -1.05. The zero-order valence-electron chi connectivity index (χ0n) is 11.8. The number of carboxylic acids is 1. The maximum absolute atomic E-state index is 13.0. The summed E-state index contributed by atoms with van der Waals surface area (Å²) in [6, 6.07) is 3.01. The van der Waals surface area contributed by atoms with Crippen LogP contribution in [0.1, 0.15) is 19.8 Å². The van der Waals surface area contributed by atoms with E-state index in [0.29, 0.717) is 6.42 Å². The van der Waals surface area contributed by atoms with Crippen molar-refractivity contribution in [2.45, 2.75) is 25.9 Å². The highest BCUT2D eigenvalue weighted by Crippen LogP contribution is 2.17. The molecule has 7 heteroatoms. The lowest BCUT2D eigenvalue weighted by atomic mass is 10.2. The van der Waals surface area contributed by atoms with Crippen LogP contribution in [0.4, 0.5) is 8.78 Å². The van der Waals surface area contributed by atoms with Gasteiger partial charge in [0.25, 0.3) is 5.91 Å². The van der Waals surface area contributed by atoms with Crippen LogP contribution in [0.25, 0.3) is 0 Å². The Morgan fingerprint density at radius 2 is 2.00 bits per heavy atom. The van der Waals surface area contributed by atoms with Gasteiger partial charge in [0.2, 0.25) is 0 Å². The summed E-state index contributed by atoms with van der Waals surface area (Å²) in [5, 5.41) is 8.52. The Morgan fingerprint density at radius 3 is 2.57 bits per heavy atom. The lowest BCUT2D eigenvalue weighted by molar-refractivity contribution is -0.139. The number of carbonyl (C=O) groups is 2. The molecule has 116 valence electrons. The van der Waals surface area contributed by atoms with Crippen molar-refractivity contribution < 1.29 is 28.2 Å². The molecule has 0 spiro atoms. The Hall–Kier alpha value is -2.18. The largest absolute Gasteiger partial charge is 0.481 e. The van der Waals surface area contributed by atoms with Crippen LogP contribution in [0.5, 0.6) is 5.75 Å². The summed E-state index contributed by atoms with van der Waals surface area (Å²) in [6.07, 6.45) is -0.587. The molecule has 1 atom stereocenters. The highest BCUT2D eigenvalue weighted by Gasteiger charge is 2.19. The highest BCUT2D eigenvalue weighted by atomic mass is 19.2. The third-order valence-corrected chi connectivity index (χ3v) is 2.81. The second kappa shape index (κ2) is 7.56. The van der Waals surface area contributed by atoms with Crippen molar-refractivity contribution in [1.29, 1.82) is 0 Å². The third-order valence-electron chi connectivity index (χ3n) is 2.81. The van der Waals surface area contributed by atoms with Crippen molar-refractivity contribution in [2.75, 3.05) is 13.6 Å². The topological polar surface area (TPSA) is 66.8 Å². The summed E-state index contributed by atoms with van der Waals surface area (Å²) in [6.45, 7) is 1.76. The molecule has 1 rings (SSSR count). The molecule has 5 nitrogen and oxygen atoms in total. The molecule has 0 aromatic heterocycles. The van der Waals surface area contributed by atoms with Crippen LogP contribution in [0.2, 0.25) is 0 Å². The zero-order chi connectivity index (χ0) is 16.0. The molecule has 1 amide bonds. The quantitative estimate of drug-likeness (QED) is 0.837. The number of rotatable bonds is 7. The minimum Gasteiger partial charge on any atom is -0.481 e. The van der Waals surface area contributed by atoms with Crippen molar-refractivity contribution in [3.63, 3.8) is 0 Å². The van der Waals surface area contributed by atoms with E-state index in [1.165, 1.54) is 24.9 Å². The molecule has 1 N–H and O–H groups in total. The molecule has 0 aliphatic rings. The fraction of sp³-hybridized carbons (Fsp3) is 0.429. The Balaban J connectivity index is 2.53. The molecule has 1 aromatic rings. The second-order valence-corrected chi connectivity index (χ2v) is 4.59. The Labute approximate surface area is 121 Å². The van der Waals surface area contributed by atoms with Gasteiger partial charge in [-0.25, -0.2) is 8.78 Å². The Morgan fingerprint density at radius 1 is 1.33 bits per heavy atom. The van der Waals surface area contributed by atoms with E-state index >= 15 is 0 Å². The number of ether oxygens (including phenoxy) is 1. The van der Waals surface area contributed by atoms with Crippen molar-refractivity contribution in [2.24, 2.45) is 0 Å². The van der Waals surface area contributed by atoms with E-state index in [0.717, 1.165) is 12.1 Å². The number of hydrogen-bond acceptors (Lipinski definition) is 3. The molecule has 0 aliphatic carbocycles. The number of amides is 1. The molecule has 0 saturated heterocycles. The summed E-state index contributed by atoms with van der Waals surface area (Å²) in [4.78, 5) is 23.7. The molecule has 0 radical (unpaired) electrons. The Bertz CT molecular complexity index is 522. The highest BCUT2D eigenvalue weighted by molar-refractivity contribution is 5.80. The van der Waals surface area contributed by atoms with Gasteiger partial charge in [-0.3, -0.25) is 9.59 Å². The molecule has 0 fully saturated rings. The van der Waals surface area contributed by atoms with Gasteiger partial charge in [0, 0.05) is 26.1 Å². The minimum absolute atomic E-state index is 0.0317. The van der Waals surface area contributed by atoms with Gasteiger partial charge >= 0.3 is 5.97 Å². The lowest BCUT2D eigenvalue weighted by Crippen LogP contribution is -2.38. The van der Waals surface area contributed by atoms with E-state index in [-0.39, 0.29) is 24.6 Å². The van der Waals surface area contributed by atoms with Crippen LogP contribution in [-0.2, 0) is 9.59 Å². The van der Waals surface area contributed by atoms with Gasteiger partial charge in [0.15, 0.2) is 17.7 Å². The van der Waals surface area contributed by atoms with Gasteiger partial charge in [-0.2, -0.15) is 0 Å². The molecule has 21 heavy (non-hydrogen) atoms. The van der Waals surface area contributed by atoms with Crippen LogP contribution in [0.15, 0.2) is 18.2 Å².